The van der Waals surface area contributed by atoms with Gasteiger partial charge in [0.15, 0.2) is 6.10 Å². The number of rotatable bonds is 3. The van der Waals surface area contributed by atoms with E-state index in [0.717, 1.165) is 0 Å². The second kappa shape index (κ2) is 6.10. The van der Waals surface area contributed by atoms with Gasteiger partial charge in [0.1, 0.15) is 10.6 Å². The number of para-hydroxylation sites is 1. The number of nitrogens with zero attached hydrogens (tertiary/aromatic N) is 1. The van der Waals surface area contributed by atoms with Crippen LogP contribution in [-0.2, 0) is 14.8 Å². The Bertz CT molecular complexity index is 900. The van der Waals surface area contributed by atoms with Gasteiger partial charge in [-0.25, -0.2) is 8.42 Å². The Morgan fingerprint density at radius 1 is 1.21 bits per heavy atom. The van der Waals surface area contributed by atoms with Crippen molar-refractivity contribution < 1.29 is 17.9 Å². The van der Waals surface area contributed by atoms with Gasteiger partial charge in [-0.05, 0) is 41.1 Å². The topological polar surface area (TPSA) is 75.7 Å². The van der Waals surface area contributed by atoms with E-state index in [1.165, 1.54) is 11.0 Å². The van der Waals surface area contributed by atoms with Crippen molar-refractivity contribution in [3.63, 3.8) is 0 Å². The number of carbonyl (C=O) groups is 1. The number of anilines is 2. The highest BCUT2D eigenvalue weighted by Gasteiger charge is 2.31. The standard InChI is InChI=1S/C16H15BrN2O4S/c1-10-16(20)19(2)13-8-12(17)15(9-14(13)23-10)24(21,22)18-11-6-4-3-5-7-11/h3-10,18H,1-2H3. The van der Waals surface area contributed by atoms with Crippen LogP contribution in [0.2, 0.25) is 0 Å². The minimum atomic E-state index is -3.81. The molecule has 24 heavy (non-hydrogen) atoms. The summed E-state index contributed by atoms with van der Waals surface area (Å²) in [6, 6.07) is 11.6. The van der Waals surface area contributed by atoms with E-state index >= 15 is 0 Å². The van der Waals surface area contributed by atoms with Crippen LogP contribution in [0.3, 0.4) is 0 Å². The molecule has 0 saturated carbocycles. The van der Waals surface area contributed by atoms with E-state index in [1.807, 2.05) is 0 Å². The van der Waals surface area contributed by atoms with Gasteiger partial charge in [0.2, 0.25) is 0 Å². The number of likely N-dealkylation sites (N-methyl/N-ethyl adjacent to an activating group) is 1. The Morgan fingerprint density at radius 2 is 1.88 bits per heavy atom. The predicted octanol–water partition coefficient (Wildman–Crippen LogP) is 2.99. The molecule has 2 aromatic rings. The third kappa shape index (κ3) is 2.99. The molecule has 1 atom stereocenters. The molecule has 1 aliphatic rings. The van der Waals surface area contributed by atoms with Crippen LogP contribution in [0.1, 0.15) is 6.92 Å². The maximum atomic E-state index is 12.7. The van der Waals surface area contributed by atoms with Gasteiger partial charge in [0.05, 0.1) is 5.69 Å². The number of amides is 1. The zero-order chi connectivity index (χ0) is 17.5. The molecule has 1 heterocycles. The Morgan fingerprint density at radius 3 is 2.54 bits per heavy atom. The largest absolute Gasteiger partial charge is 0.479 e. The van der Waals surface area contributed by atoms with Crippen molar-refractivity contribution in [1.29, 1.82) is 0 Å². The number of nitrogens with one attached hydrogen (secondary N) is 1. The number of halogens is 1. The first kappa shape index (κ1) is 16.8. The quantitative estimate of drug-likeness (QED) is 0.843. The van der Waals surface area contributed by atoms with Crippen molar-refractivity contribution in [3.05, 3.63) is 46.9 Å². The maximum Gasteiger partial charge on any atom is 0.267 e. The normalized spacial score (nSPS) is 17.2. The van der Waals surface area contributed by atoms with Gasteiger partial charge in [0, 0.05) is 23.3 Å². The first-order chi connectivity index (χ1) is 11.3. The molecule has 3 rings (SSSR count). The summed E-state index contributed by atoms with van der Waals surface area (Å²) in [6.07, 6.45) is -0.665. The molecule has 0 aliphatic carbocycles. The van der Waals surface area contributed by atoms with Crippen LogP contribution in [0.15, 0.2) is 51.8 Å². The van der Waals surface area contributed by atoms with Crippen LogP contribution in [0, 0.1) is 0 Å². The lowest BCUT2D eigenvalue weighted by Crippen LogP contribution is -2.42. The minimum Gasteiger partial charge on any atom is -0.479 e. The van der Waals surface area contributed by atoms with Crippen molar-refractivity contribution in [2.24, 2.45) is 0 Å². The Labute approximate surface area is 148 Å². The summed E-state index contributed by atoms with van der Waals surface area (Å²) in [5, 5.41) is 0. The van der Waals surface area contributed by atoms with Crippen LogP contribution in [0.5, 0.6) is 5.75 Å². The van der Waals surface area contributed by atoms with Gasteiger partial charge in [-0.15, -0.1) is 0 Å². The third-order valence-electron chi connectivity index (χ3n) is 3.67. The fourth-order valence-electron chi connectivity index (χ4n) is 2.44. The highest BCUT2D eigenvalue weighted by Crippen LogP contribution is 2.39. The molecule has 0 bridgehead atoms. The minimum absolute atomic E-state index is 0.0417. The van der Waals surface area contributed by atoms with E-state index < -0.39 is 16.1 Å². The van der Waals surface area contributed by atoms with Crippen LogP contribution < -0.4 is 14.4 Å². The molecule has 1 N–H and O–H groups in total. The van der Waals surface area contributed by atoms with Gasteiger partial charge in [-0.1, -0.05) is 18.2 Å². The summed E-state index contributed by atoms with van der Waals surface area (Å²) >= 11 is 3.27. The average Bonchev–Trinajstić information content (AvgIpc) is 2.53. The fourth-order valence-corrected chi connectivity index (χ4v) is 4.54. The summed E-state index contributed by atoms with van der Waals surface area (Å²) in [4.78, 5) is 13.5. The monoisotopic (exact) mass is 410 g/mol. The highest BCUT2D eigenvalue weighted by atomic mass is 79.9. The predicted molar refractivity (Wildman–Crippen MR) is 94.9 cm³/mol. The third-order valence-corrected chi connectivity index (χ3v) is 6.01. The van der Waals surface area contributed by atoms with E-state index in [4.69, 9.17) is 4.74 Å². The molecular weight excluding hydrogens is 396 g/mol. The number of carbonyl (C=O) groups excluding carboxylic acids is 1. The molecule has 1 amide bonds. The molecule has 0 spiro atoms. The number of sulfonamides is 1. The number of ether oxygens (including phenoxy) is 1. The molecule has 2 aromatic carbocycles. The lowest BCUT2D eigenvalue weighted by molar-refractivity contribution is -0.125. The van der Waals surface area contributed by atoms with Crippen molar-refractivity contribution in [2.45, 2.75) is 17.9 Å². The Balaban J connectivity index is 2.03. The van der Waals surface area contributed by atoms with Crippen molar-refractivity contribution in [3.8, 4) is 5.75 Å². The molecule has 1 unspecified atom stereocenters. The molecule has 0 fully saturated rings. The smallest absolute Gasteiger partial charge is 0.267 e. The van der Waals surface area contributed by atoms with Gasteiger partial charge in [-0.3, -0.25) is 9.52 Å². The summed E-state index contributed by atoms with van der Waals surface area (Å²) in [6.45, 7) is 1.63. The summed E-state index contributed by atoms with van der Waals surface area (Å²) in [7, 11) is -2.18. The first-order valence-corrected chi connectivity index (χ1v) is 9.43. The van der Waals surface area contributed by atoms with Crippen molar-refractivity contribution in [1.82, 2.24) is 0 Å². The SMILES string of the molecule is CC1Oc2cc(S(=O)(=O)Nc3ccccc3)c(Br)cc2N(C)C1=O. The van der Waals surface area contributed by atoms with Gasteiger partial charge >= 0.3 is 0 Å². The van der Waals surface area contributed by atoms with Gasteiger partial charge < -0.3 is 9.64 Å². The molecule has 0 aromatic heterocycles. The first-order valence-electron chi connectivity index (χ1n) is 7.15. The molecule has 1 aliphatic heterocycles. The van der Waals surface area contributed by atoms with Gasteiger partial charge in [-0.2, -0.15) is 0 Å². The van der Waals surface area contributed by atoms with E-state index in [-0.39, 0.29) is 10.8 Å². The van der Waals surface area contributed by atoms with Crippen LogP contribution in [0.25, 0.3) is 0 Å². The summed E-state index contributed by atoms with van der Waals surface area (Å²) in [5.74, 6) is 0.161. The van der Waals surface area contributed by atoms with Crippen LogP contribution in [0.4, 0.5) is 11.4 Å². The Kier molecular flexibility index (Phi) is 4.27. The highest BCUT2D eigenvalue weighted by molar-refractivity contribution is 9.10. The van der Waals surface area contributed by atoms with E-state index in [2.05, 4.69) is 20.7 Å². The van der Waals surface area contributed by atoms with Crippen molar-refractivity contribution in [2.75, 3.05) is 16.7 Å². The molecule has 126 valence electrons. The lowest BCUT2D eigenvalue weighted by atomic mass is 10.2. The molecular formula is C16H15BrN2O4S. The Hall–Kier alpha value is -2.06. The zero-order valence-corrected chi connectivity index (χ0v) is 15.4. The maximum absolute atomic E-state index is 12.7. The van der Waals surface area contributed by atoms with E-state index in [1.54, 1.807) is 50.4 Å². The lowest BCUT2D eigenvalue weighted by Gasteiger charge is -2.30. The van der Waals surface area contributed by atoms with Crippen LogP contribution in [-0.4, -0.2) is 27.5 Å². The molecule has 0 radical (unpaired) electrons. The van der Waals surface area contributed by atoms with E-state index in [0.29, 0.717) is 21.6 Å². The average molecular weight is 411 g/mol. The molecule has 6 nitrogen and oxygen atoms in total. The van der Waals surface area contributed by atoms with E-state index in [9.17, 15) is 13.2 Å². The zero-order valence-electron chi connectivity index (χ0n) is 13.0. The second-order valence-corrected chi connectivity index (χ2v) is 7.88. The fraction of sp³-hybridized carbons (Fsp3) is 0.188. The second-order valence-electron chi connectivity index (χ2n) is 5.38. The number of benzene rings is 2. The summed E-state index contributed by atoms with van der Waals surface area (Å²) in [5.41, 5.74) is 0.979. The molecule has 0 saturated heterocycles. The number of hydrogen-bond donors (Lipinski definition) is 1. The molecule has 8 heteroatoms. The van der Waals surface area contributed by atoms with Crippen LogP contribution >= 0.6 is 15.9 Å². The number of fused-ring (bicyclic) bond motifs is 1. The summed E-state index contributed by atoms with van der Waals surface area (Å²) < 4.78 is 33.7. The number of hydrogen-bond acceptors (Lipinski definition) is 4. The van der Waals surface area contributed by atoms with Crippen molar-refractivity contribution >= 4 is 43.2 Å². The van der Waals surface area contributed by atoms with Gasteiger partial charge in [0.25, 0.3) is 15.9 Å².